The number of nitrogens with one attached hydrogen (secondary N) is 1. The van der Waals surface area contributed by atoms with Crippen molar-refractivity contribution in [2.75, 3.05) is 13.1 Å². The molecule has 1 aliphatic heterocycles. The number of amides is 1. The fourth-order valence-electron chi connectivity index (χ4n) is 3.08. The van der Waals surface area contributed by atoms with E-state index in [-0.39, 0.29) is 11.8 Å². The molecule has 1 amide bonds. The van der Waals surface area contributed by atoms with Crippen LogP contribution in [0.15, 0.2) is 36.8 Å². The van der Waals surface area contributed by atoms with E-state index in [1.807, 2.05) is 11.0 Å². The zero-order chi connectivity index (χ0) is 15.6. The number of aromatic nitrogens is 5. The number of hydrogen-bond donors (Lipinski definition) is 1. The first-order valence-corrected chi connectivity index (χ1v) is 7.67. The Labute approximate surface area is 132 Å². The van der Waals surface area contributed by atoms with Crippen LogP contribution in [0.5, 0.6) is 0 Å². The molecule has 0 bridgehead atoms. The Bertz CT molecular complexity index is 831. The minimum absolute atomic E-state index is 0.0310. The maximum absolute atomic E-state index is 12.8. The average Bonchev–Trinajstić information content (AvgIpc) is 3.09. The second-order valence-corrected chi connectivity index (χ2v) is 5.75. The first kappa shape index (κ1) is 13.8. The molecular formula is C16H16N6O. The minimum Gasteiger partial charge on any atom is -0.338 e. The highest BCUT2D eigenvalue weighted by atomic mass is 16.2. The summed E-state index contributed by atoms with van der Waals surface area (Å²) in [6.45, 7) is 1.45. The van der Waals surface area contributed by atoms with E-state index in [9.17, 15) is 4.79 Å². The number of piperidine rings is 1. The van der Waals surface area contributed by atoms with E-state index in [0.717, 1.165) is 30.6 Å². The topological polar surface area (TPSA) is 87.7 Å². The Morgan fingerprint density at radius 3 is 3.00 bits per heavy atom. The summed E-state index contributed by atoms with van der Waals surface area (Å²) < 4.78 is 0. The number of aromatic amines is 1. The number of H-pyrrole nitrogens is 1. The molecule has 23 heavy (non-hydrogen) atoms. The van der Waals surface area contributed by atoms with E-state index in [1.165, 1.54) is 0 Å². The molecule has 3 aromatic rings. The second-order valence-electron chi connectivity index (χ2n) is 5.75. The molecule has 1 saturated heterocycles. The van der Waals surface area contributed by atoms with Gasteiger partial charge in [-0.05, 0) is 31.0 Å². The molecule has 1 fully saturated rings. The van der Waals surface area contributed by atoms with Crippen molar-refractivity contribution < 1.29 is 4.79 Å². The third kappa shape index (κ3) is 2.65. The molecule has 0 saturated carbocycles. The van der Waals surface area contributed by atoms with Gasteiger partial charge in [0.25, 0.3) is 5.91 Å². The Balaban J connectivity index is 1.55. The van der Waals surface area contributed by atoms with Crippen molar-refractivity contribution in [2.24, 2.45) is 0 Å². The quantitative estimate of drug-likeness (QED) is 0.779. The molecule has 0 spiro atoms. The summed E-state index contributed by atoms with van der Waals surface area (Å²) in [6, 6.07) is 5.41. The van der Waals surface area contributed by atoms with Crippen LogP contribution in [0.25, 0.3) is 11.0 Å². The number of carbonyl (C=O) groups excluding carboxylic acids is 1. The third-order valence-electron chi connectivity index (χ3n) is 4.27. The number of carbonyl (C=O) groups is 1. The molecule has 4 rings (SSSR count). The maximum Gasteiger partial charge on any atom is 0.253 e. The zero-order valence-electron chi connectivity index (χ0n) is 12.5. The predicted molar refractivity (Wildman–Crippen MR) is 83.8 cm³/mol. The molecule has 0 unspecified atom stereocenters. The Kier molecular flexibility index (Phi) is 3.45. The van der Waals surface area contributed by atoms with Gasteiger partial charge in [0.1, 0.15) is 11.0 Å². The van der Waals surface area contributed by atoms with Crippen molar-refractivity contribution in [3.8, 4) is 0 Å². The number of likely N-dealkylation sites (tertiary alicyclic amines) is 1. The number of fused-ring (bicyclic) bond motifs is 1. The van der Waals surface area contributed by atoms with E-state index >= 15 is 0 Å². The standard InChI is InChI=1S/C16H16N6O/c23-16(11-3-4-13-14(8-11)20-21-19-13)22-7-1-2-12(10-22)15-9-17-5-6-18-15/h3-6,8-9,12H,1-2,7,10H2,(H,19,20,21)/t12-/m1/s1. The molecule has 7 nitrogen and oxygen atoms in total. The molecule has 7 heteroatoms. The van der Waals surface area contributed by atoms with Crippen LogP contribution in [0, 0.1) is 0 Å². The van der Waals surface area contributed by atoms with Gasteiger partial charge < -0.3 is 4.90 Å². The number of nitrogens with zero attached hydrogens (tertiary/aromatic N) is 5. The van der Waals surface area contributed by atoms with Gasteiger partial charge in [0.15, 0.2) is 0 Å². The van der Waals surface area contributed by atoms with E-state index < -0.39 is 0 Å². The predicted octanol–water partition coefficient (Wildman–Crippen LogP) is 1.77. The molecule has 0 aliphatic carbocycles. The molecule has 1 atom stereocenters. The fraction of sp³-hybridized carbons (Fsp3) is 0.312. The number of benzene rings is 1. The van der Waals surface area contributed by atoms with E-state index in [1.54, 1.807) is 30.7 Å². The molecule has 3 heterocycles. The van der Waals surface area contributed by atoms with Gasteiger partial charge in [-0.1, -0.05) is 0 Å². The Morgan fingerprint density at radius 2 is 2.13 bits per heavy atom. The lowest BCUT2D eigenvalue weighted by molar-refractivity contribution is 0.0706. The van der Waals surface area contributed by atoms with Gasteiger partial charge in [-0.2, -0.15) is 15.4 Å². The first-order chi connectivity index (χ1) is 11.3. The van der Waals surface area contributed by atoms with Crippen LogP contribution in [-0.4, -0.2) is 49.3 Å². The monoisotopic (exact) mass is 308 g/mol. The summed E-state index contributed by atoms with van der Waals surface area (Å²) in [7, 11) is 0. The van der Waals surface area contributed by atoms with Crippen LogP contribution >= 0.6 is 0 Å². The molecule has 116 valence electrons. The van der Waals surface area contributed by atoms with E-state index in [4.69, 9.17) is 0 Å². The highest BCUT2D eigenvalue weighted by Crippen LogP contribution is 2.26. The van der Waals surface area contributed by atoms with Crippen molar-refractivity contribution in [1.82, 2.24) is 30.3 Å². The number of hydrogen-bond acceptors (Lipinski definition) is 5. The summed E-state index contributed by atoms with van der Waals surface area (Å²) in [5.74, 6) is 0.278. The summed E-state index contributed by atoms with van der Waals surface area (Å²) in [5, 5.41) is 10.6. The van der Waals surface area contributed by atoms with Gasteiger partial charge >= 0.3 is 0 Å². The van der Waals surface area contributed by atoms with Crippen molar-refractivity contribution in [1.29, 1.82) is 0 Å². The third-order valence-corrected chi connectivity index (χ3v) is 4.27. The lowest BCUT2D eigenvalue weighted by Crippen LogP contribution is -2.39. The van der Waals surface area contributed by atoms with E-state index in [0.29, 0.717) is 17.6 Å². The lowest BCUT2D eigenvalue weighted by Gasteiger charge is -2.32. The summed E-state index contributed by atoms with van der Waals surface area (Å²) in [5.41, 5.74) is 3.07. The summed E-state index contributed by atoms with van der Waals surface area (Å²) in [6.07, 6.45) is 7.17. The average molecular weight is 308 g/mol. The zero-order valence-corrected chi connectivity index (χ0v) is 12.5. The van der Waals surface area contributed by atoms with Crippen molar-refractivity contribution in [2.45, 2.75) is 18.8 Å². The Morgan fingerprint density at radius 1 is 1.22 bits per heavy atom. The van der Waals surface area contributed by atoms with Gasteiger partial charge in [0, 0.05) is 43.2 Å². The Hall–Kier alpha value is -2.83. The van der Waals surface area contributed by atoms with Crippen LogP contribution in [0.1, 0.15) is 34.8 Å². The molecule has 1 N–H and O–H groups in total. The summed E-state index contributed by atoms with van der Waals surface area (Å²) in [4.78, 5) is 23.2. The first-order valence-electron chi connectivity index (χ1n) is 7.67. The lowest BCUT2D eigenvalue weighted by atomic mass is 9.94. The normalized spacial score (nSPS) is 18.3. The van der Waals surface area contributed by atoms with Gasteiger partial charge in [0.2, 0.25) is 0 Å². The van der Waals surface area contributed by atoms with Crippen molar-refractivity contribution >= 4 is 16.9 Å². The van der Waals surface area contributed by atoms with Crippen LogP contribution in [-0.2, 0) is 0 Å². The van der Waals surface area contributed by atoms with Gasteiger partial charge in [-0.15, -0.1) is 0 Å². The van der Waals surface area contributed by atoms with Crippen LogP contribution < -0.4 is 0 Å². The largest absolute Gasteiger partial charge is 0.338 e. The van der Waals surface area contributed by atoms with Crippen molar-refractivity contribution in [3.05, 3.63) is 48.0 Å². The molecule has 1 aromatic carbocycles. The maximum atomic E-state index is 12.8. The molecule has 2 aromatic heterocycles. The number of rotatable bonds is 2. The second kappa shape index (κ2) is 5.75. The van der Waals surface area contributed by atoms with Gasteiger partial charge in [-0.3, -0.25) is 14.8 Å². The SMILES string of the molecule is O=C(c1ccc2n[nH]nc2c1)N1CCC[C@@H](c2cnccn2)C1. The van der Waals surface area contributed by atoms with Gasteiger partial charge in [0.05, 0.1) is 5.69 Å². The molecule has 0 radical (unpaired) electrons. The van der Waals surface area contributed by atoms with Crippen molar-refractivity contribution in [3.63, 3.8) is 0 Å². The van der Waals surface area contributed by atoms with Crippen LogP contribution in [0.4, 0.5) is 0 Å². The highest BCUT2D eigenvalue weighted by Gasteiger charge is 2.26. The molecular weight excluding hydrogens is 292 g/mol. The smallest absolute Gasteiger partial charge is 0.253 e. The van der Waals surface area contributed by atoms with E-state index in [2.05, 4.69) is 25.4 Å². The summed E-state index contributed by atoms with van der Waals surface area (Å²) >= 11 is 0. The van der Waals surface area contributed by atoms with Crippen LogP contribution in [0.3, 0.4) is 0 Å². The van der Waals surface area contributed by atoms with Gasteiger partial charge in [-0.25, -0.2) is 0 Å². The van der Waals surface area contributed by atoms with Crippen LogP contribution in [0.2, 0.25) is 0 Å². The minimum atomic E-state index is 0.0310. The molecule has 1 aliphatic rings. The highest BCUT2D eigenvalue weighted by molar-refractivity contribution is 5.97. The fourth-order valence-corrected chi connectivity index (χ4v) is 3.08.